The number of amides is 1. The first kappa shape index (κ1) is 16.3. The number of benzene rings is 1. The summed E-state index contributed by atoms with van der Waals surface area (Å²) in [5.41, 5.74) is 1.95. The van der Waals surface area contributed by atoms with Crippen molar-refractivity contribution in [3.05, 3.63) is 35.4 Å². The van der Waals surface area contributed by atoms with Crippen molar-refractivity contribution in [1.82, 2.24) is 4.90 Å². The Morgan fingerprint density at radius 3 is 2.55 bits per heavy atom. The molecule has 0 saturated heterocycles. The Hall–Kier alpha value is -1.79. The number of aliphatic hydroxyl groups excluding tert-OH is 1. The molecular formula is C17H23NO2. The molecule has 1 N–H and O–H groups in total. The summed E-state index contributed by atoms with van der Waals surface area (Å²) in [6, 6.07) is 7.75. The quantitative estimate of drug-likeness (QED) is 0.837. The van der Waals surface area contributed by atoms with Gasteiger partial charge in [-0.15, -0.1) is 0 Å². The fraction of sp³-hybridized carbons (Fsp3) is 0.471. The van der Waals surface area contributed by atoms with Gasteiger partial charge in [0.2, 0.25) is 5.91 Å². The Kier molecular flexibility index (Phi) is 6.83. The summed E-state index contributed by atoms with van der Waals surface area (Å²) in [6.07, 6.45) is 1.96. The van der Waals surface area contributed by atoms with Crippen molar-refractivity contribution in [2.45, 2.75) is 33.2 Å². The lowest BCUT2D eigenvalue weighted by Crippen LogP contribution is -2.31. The van der Waals surface area contributed by atoms with E-state index >= 15 is 0 Å². The molecule has 3 heteroatoms. The first-order valence-electron chi connectivity index (χ1n) is 7.02. The van der Waals surface area contributed by atoms with Crippen LogP contribution >= 0.6 is 0 Å². The monoisotopic (exact) mass is 273 g/mol. The van der Waals surface area contributed by atoms with E-state index in [2.05, 4.69) is 18.8 Å². The number of aliphatic hydroxyl groups is 1. The number of carbonyl (C=O) groups is 1. The average molecular weight is 273 g/mol. The van der Waals surface area contributed by atoms with E-state index in [-0.39, 0.29) is 18.4 Å². The summed E-state index contributed by atoms with van der Waals surface area (Å²) >= 11 is 0. The molecule has 0 fully saturated rings. The first-order valence-corrected chi connectivity index (χ1v) is 7.02. The van der Waals surface area contributed by atoms with Crippen molar-refractivity contribution >= 4 is 5.91 Å². The van der Waals surface area contributed by atoms with Crippen LogP contribution in [-0.4, -0.2) is 29.6 Å². The van der Waals surface area contributed by atoms with Gasteiger partial charge in [0.1, 0.15) is 6.61 Å². The van der Waals surface area contributed by atoms with E-state index in [1.165, 1.54) is 0 Å². The third-order valence-electron chi connectivity index (χ3n) is 3.20. The Bertz CT molecular complexity index is 482. The summed E-state index contributed by atoms with van der Waals surface area (Å²) in [7, 11) is 1.84. The number of hydrogen-bond donors (Lipinski definition) is 1. The Morgan fingerprint density at radius 1 is 1.35 bits per heavy atom. The topological polar surface area (TPSA) is 40.5 Å². The van der Waals surface area contributed by atoms with Gasteiger partial charge in [0.25, 0.3) is 0 Å². The van der Waals surface area contributed by atoms with E-state index in [0.29, 0.717) is 6.54 Å². The van der Waals surface area contributed by atoms with Gasteiger partial charge < -0.3 is 10.0 Å². The zero-order chi connectivity index (χ0) is 15.0. The molecule has 3 nitrogen and oxygen atoms in total. The van der Waals surface area contributed by atoms with Gasteiger partial charge in [-0.2, -0.15) is 0 Å². The predicted octanol–water partition coefficient (Wildman–Crippen LogP) is 2.43. The largest absolute Gasteiger partial charge is 0.384 e. The summed E-state index contributed by atoms with van der Waals surface area (Å²) in [4.78, 5) is 13.9. The maximum Gasteiger partial charge on any atom is 0.225 e. The molecule has 0 spiro atoms. The number of rotatable bonds is 5. The molecule has 1 rings (SSSR count). The molecule has 0 bridgehead atoms. The number of hydrogen-bond acceptors (Lipinski definition) is 2. The van der Waals surface area contributed by atoms with Crippen LogP contribution < -0.4 is 0 Å². The van der Waals surface area contributed by atoms with Crippen molar-refractivity contribution in [3.8, 4) is 11.8 Å². The molecule has 0 heterocycles. The normalized spacial score (nSPS) is 11.4. The van der Waals surface area contributed by atoms with Crippen LogP contribution in [0.25, 0.3) is 0 Å². The lowest BCUT2D eigenvalue weighted by Gasteiger charge is -2.21. The van der Waals surface area contributed by atoms with Crippen LogP contribution in [-0.2, 0) is 11.3 Å². The van der Waals surface area contributed by atoms with Gasteiger partial charge in [0.15, 0.2) is 0 Å². The Labute approximate surface area is 121 Å². The molecule has 0 aliphatic rings. The molecule has 108 valence electrons. The zero-order valence-corrected chi connectivity index (χ0v) is 12.5. The highest BCUT2D eigenvalue weighted by Gasteiger charge is 2.16. The molecule has 0 radical (unpaired) electrons. The predicted molar refractivity (Wildman–Crippen MR) is 81.0 cm³/mol. The van der Waals surface area contributed by atoms with Crippen LogP contribution in [0.3, 0.4) is 0 Å². The number of nitrogens with zero attached hydrogens (tertiary/aromatic N) is 1. The smallest absolute Gasteiger partial charge is 0.225 e. The lowest BCUT2D eigenvalue weighted by atomic mass is 10.0. The standard InChI is InChI=1S/C17H23NO2/c1-4-6-14(2)17(20)18(3)13-16-10-8-15(9-11-16)7-5-12-19/h8-11,14,19H,4,6,12-13H2,1-3H3. The van der Waals surface area contributed by atoms with Gasteiger partial charge >= 0.3 is 0 Å². The van der Waals surface area contributed by atoms with Crippen molar-refractivity contribution in [3.63, 3.8) is 0 Å². The van der Waals surface area contributed by atoms with Crippen LogP contribution in [0.1, 0.15) is 37.8 Å². The fourth-order valence-electron chi connectivity index (χ4n) is 2.12. The van der Waals surface area contributed by atoms with Crippen molar-refractivity contribution in [2.75, 3.05) is 13.7 Å². The van der Waals surface area contributed by atoms with E-state index in [1.807, 2.05) is 38.2 Å². The minimum Gasteiger partial charge on any atom is -0.384 e. The molecule has 20 heavy (non-hydrogen) atoms. The zero-order valence-electron chi connectivity index (χ0n) is 12.5. The molecule has 0 aromatic heterocycles. The molecule has 1 aromatic rings. The van der Waals surface area contributed by atoms with E-state index in [1.54, 1.807) is 4.90 Å². The molecule has 1 atom stereocenters. The Morgan fingerprint density at radius 2 is 2.00 bits per heavy atom. The van der Waals surface area contributed by atoms with E-state index in [0.717, 1.165) is 24.0 Å². The molecule has 0 aliphatic carbocycles. The van der Waals surface area contributed by atoms with Gasteiger partial charge in [0, 0.05) is 25.1 Å². The minimum absolute atomic E-state index is 0.0831. The van der Waals surface area contributed by atoms with E-state index in [9.17, 15) is 4.79 Å². The summed E-state index contributed by atoms with van der Waals surface area (Å²) < 4.78 is 0. The highest BCUT2D eigenvalue weighted by Crippen LogP contribution is 2.12. The minimum atomic E-state index is -0.131. The van der Waals surface area contributed by atoms with Gasteiger partial charge in [-0.25, -0.2) is 0 Å². The molecule has 1 unspecified atom stereocenters. The van der Waals surface area contributed by atoms with Crippen LogP contribution in [0.5, 0.6) is 0 Å². The maximum absolute atomic E-state index is 12.1. The van der Waals surface area contributed by atoms with Crippen molar-refractivity contribution in [2.24, 2.45) is 5.92 Å². The highest BCUT2D eigenvalue weighted by atomic mass is 16.2. The van der Waals surface area contributed by atoms with Crippen LogP contribution in [0.15, 0.2) is 24.3 Å². The second-order valence-corrected chi connectivity index (χ2v) is 5.04. The third-order valence-corrected chi connectivity index (χ3v) is 3.20. The van der Waals surface area contributed by atoms with E-state index in [4.69, 9.17) is 5.11 Å². The van der Waals surface area contributed by atoms with Gasteiger partial charge in [-0.3, -0.25) is 4.79 Å². The molecule has 1 aromatic carbocycles. The van der Waals surface area contributed by atoms with Gasteiger partial charge in [-0.05, 0) is 24.1 Å². The van der Waals surface area contributed by atoms with Crippen LogP contribution in [0.2, 0.25) is 0 Å². The summed E-state index contributed by atoms with van der Waals surface area (Å²) in [5.74, 6) is 5.74. The van der Waals surface area contributed by atoms with Gasteiger partial charge in [-0.1, -0.05) is 44.2 Å². The first-order chi connectivity index (χ1) is 9.58. The Balaban J connectivity index is 2.62. The second-order valence-electron chi connectivity index (χ2n) is 5.04. The third kappa shape index (κ3) is 5.07. The van der Waals surface area contributed by atoms with E-state index < -0.39 is 0 Å². The lowest BCUT2D eigenvalue weighted by molar-refractivity contribution is -0.134. The molecule has 1 amide bonds. The summed E-state index contributed by atoms with van der Waals surface area (Å²) in [5, 5.41) is 8.64. The number of carbonyl (C=O) groups excluding carboxylic acids is 1. The van der Waals surface area contributed by atoms with Crippen LogP contribution in [0, 0.1) is 17.8 Å². The van der Waals surface area contributed by atoms with Crippen LogP contribution in [0.4, 0.5) is 0 Å². The molecule has 0 saturated carbocycles. The second kappa shape index (κ2) is 8.39. The van der Waals surface area contributed by atoms with Crippen molar-refractivity contribution in [1.29, 1.82) is 0 Å². The molecular weight excluding hydrogens is 250 g/mol. The highest BCUT2D eigenvalue weighted by molar-refractivity contribution is 5.78. The van der Waals surface area contributed by atoms with Crippen molar-refractivity contribution < 1.29 is 9.90 Å². The average Bonchev–Trinajstić information content (AvgIpc) is 2.46. The van der Waals surface area contributed by atoms with Gasteiger partial charge in [0.05, 0.1) is 0 Å². The SMILES string of the molecule is CCCC(C)C(=O)N(C)Cc1ccc(C#CCO)cc1. The fourth-order valence-corrected chi connectivity index (χ4v) is 2.12. The molecule has 0 aliphatic heterocycles. The maximum atomic E-state index is 12.1. The summed E-state index contributed by atoms with van der Waals surface area (Å²) in [6.45, 7) is 4.56.